The quantitative estimate of drug-likeness (QED) is 0.826. The van der Waals surface area contributed by atoms with Crippen molar-refractivity contribution < 1.29 is 28.2 Å². The fourth-order valence-electron chi connectivity index (χ4n) is 3.54. The number of benzene rings is 1. The summed E-state index contributed by atoms with van der Waals surface area (Å²) in [6, 6.07) is 2.24. The van der Waals surface area contributed by atoms with Crippen LogP contribution < -0.4 is 15.1 Å². The molecule has 0 aromatic heterocycles. The minimum absolute atomic E-state index is 0.0153. The Bertz CT molecular complexity index is 743. The summed E-state index contributed by atoms with van der Waals surface area (Å²) in [5, 5.41) is 10.7. The summed E-state index contributed by atoms with van der Waals surface area (Å²) in [5.74, 6) is 0.607. The van der Waals surface area contributed by atoms with Crippen LogP contribution in [0.2, 0.25) is 0 Å². The molecular formula is C16H17F2N3O4S. The average Bonchev–Trinajstić information content (AvgIpc) is 2.85. The van der Waals surface area contributed by atoms with Gasteiger partial charge in [-0.25, -0.2) is 18.4 Å². The number of rotatable bonds is 4. The van der Waals surface area contributed by atoms with E-state index in [-0.39, 0.29) is 29.9 Å². The predicted octanol–water partition coefficient (Wildman–Crippen LogP) is 2.11. The molecular weight excluding hydrogens is 368 g/mol. The molecule has 2 amide bonds. The lowest BCUT2D eigenvalue weighted by Gasteiger charge is -2.56. The van der Waals surface area contributed by atoms with E-state index in [1.54, 1.807) is 4.90 Å². The van der Waals surface area contributed by atoms with Crippen molar-refractivity contribution in [3.8, 4) is 0 Å². The minimum atomic E-state index is -1.24. The van der Waals surface area contributed by atoms with Gasteiger partial charge in [0.2, 0.25) is 0 Å². The summed E-state index contributed by atoms with van der Waals surface area (Å²) in [5.41, 5.74) is 0.194. The molecule has 0 saturated carbocycles. The largest absolute Gasteiger partial charge is 0.465 e. The highest BCUT2D eigenvalue weighted by Gasteiger charge is 2.49. The molecule has 3 heterocycles. The number of nitrogens with one attached hydrogen (secondary N) is 1. The summed E-state index contributed by atoms with van der Waals surface area (Å²) < 4.78 is 34.1. The van der Waals surface area contributed by atoms with Gasteiger partial charge in [0, 0.05) is 42.1 Å². The van der Waals surface area contributed by atoms with Gasteiger partial charge in [-0.2, -0.15) is 11.8 Å². The second-order valence-corrected chi connectivity index (χ2v) is 7.89. The van der Waals surface area contributed by atoms with Crippen LogP contribution in [-0.2, 0) is 4.74 Å². The van der Waals surface area contributed by atoms with E-state index in [4.69, 9.17) is 9.84 Å². The highest BCUT2D eigenvalue weighted by molar-refractivity contribution is 8.00. The monoisotopic (exact) mass is 385 g/mol. The maximum Gasteiger partial charge on any atom is 0.414 e. The first-order valence-corrected chi connectivity index (χ1v) is 9.29. The van der Waals surface area contributed by atoms with Crippen LogP contribution in [0.4, 0.5) is 29.7 Å². The highest BCUT2D eigenvalue weighted by atomic mass is 32.2. The maximum atomic E-state index is 14.5. The zero-order chi connectivity index (χ0) is 18.5. The van der Waals surface area contributed by atoms with Crippen LogP contribution in [0.5, 0.6) is 0 Å². The number of carbonyl (C=O) groups excluding carboxylic acids is 1. The van der Waals surface area contributed by atoms with Gasteiger partial charge >= 0.3 is 12.2 Å². The van der Waals surface area contributed by atoms with Crippen molar-refractivity contribution in [1.82, 2.24) is 5.32 Å². The fourth-order valence-corrected chi connectivity index (χ4v) is 4.69. The molecule has 26 heavy (non-hydrogen) atoms. The average molecular weight is 385 g/mol. The lowest BCUT2D eigenvalue weighted by molar-refractivity contribution is 0.136. The van der Waals surface area contributed by atoms with E-state index in [0.29, 0.717) is 13.1 Å². The maximum absolute atomic E-state index is 14.5. The number of amides is 2. The second-order valence-electron chi connectivity index (χ2n) is 6.91. The molecule has 1 spiro atoms. The van der Waals surface area contributed by atoms with E-state index in [2.05, 4.69) is 5.32 Å². The Balaban J connectivity index is 1.48. The first kappa shape index (κ1) is 17.2. The summed E-state index contributed by atoms with van der Waals surface area (Å²) >= 11 is 1.84. The van der Waals surface area contributed by atoms with Crippen LogP contribution in [0.1, 0.15) is 0 Å². The molecule has 140 valence electrons. The first-order valence-electron chi connectivity index (χ1n) is 8.14. The van der Waals surface area contributed by atoms with Crippen molar-refractivity contribution in [1.29, 1.82) is 0 Å². The van der Waals surface area contributed by atoms with Crippen LogP contribution in [0.3, 0.4) is 0 Å². The summed E-state index contributed by atoms with van der Waals surface area (Å²) in [6.07, 6.45) is -2.71. The zero-order valence-electron chi connectivity index (χ0n) is 13.7. The molecule has 1 atom stereocenters. The lowest BCUT2D eigenvalue weighted by Crippen LogP contribution is -2.63. The Morgan fingerprint density at radius 3 is 2.54 bits per heavy atom. The molecule has 1 unspecified atom stereocenters. The number of carboxylic acid groups (broad SMARTS) is 1. The number of ether oxygens (including phenoxy) is 1. The van der Waals surface area contributed by atoms with Gasteiger partial charge in [0.15, 0.2) is 11.6 Å². The third-order valence-electron chi connectivity index (χ3n) is 4.85. The number of hydrogen-bond acceptors (Lipinski definition) is 5. The normalized spacial score (nSPS) is 23.5. The Hall–Kier alpha value is -2.23. The number of thioether (sulfide) groups is 1. The Morgan fingerprint density at radius 1 is 1.35 bits per heavy atom. The summed E-state index contributed by atoms with van der Waals surface area (Å²) in [4.78, 5) is 25.2. The molecule has 3 saturated heterocycles. The molecule has 3 aliphatic heterocycles. The van der Waals surface area contributed by atoms with E-state index in [1.165, 1.54) is 0 Å². The molecule has 4 rings (SSSR count). The smallest absolute Gasteiger partial charge is 0.414 e. The van der Waals surface area contributed by atoms with Crippen LogP contribution in [0.15, 0.2) is 12.1 Å². The number of cyclic esters (lactones) is 1. The topological polar surface area (TPSA) is 82.1 Å². The van der Waals surface area contributed by atoms with Gasteiger partial charge in [-0.05, 0) is 0 Å². The number of hydrogen-bond donors (Lipinski definition) is 2. The SMILES string of the molecule is O=C(O)NCC1CN(c2cc(F)c(N3CC4(CSC4)C3)c(F)c2)C(=O)O1. The van der Waals surface area contributed by atoms with Crippen LogP contribution in [0.25, 0.3) is 0 Å². The van der Waals surface area contributed by atoms with Gasteiger partial charge in [-0.1, -0.05) is 0 Å². The Labute approximate surface area is 152 Å². The number of halogens is 2. The molecule has 7 nitrogen and oxygen atoms in total. The third kappa shape index (κ3) is 2.91. The number of nitrogens with zero attached hydrogens (tertiary/aromatic N) is 2. The molecule has 0 aliphatic carbocycles. The van der Waals surface area contributed by atoms with Crippen molar-refractivity contribution in [2.75, 3.05) is 47.5 Å². The molecule has 0 radical (unpaired) electrons. The van der Waals surface area contributed by atoms with Gasteiger partial charge in [0.25, 0.3) is 0 Å². The van der Waals surface area contributed by atoms with Crippen molar-refractivity contribution in [3.05, 3.63) is 23.8 Å². The van der Waals surface area contributed by atoms with E-state index < -0.39 is 29.9 Å². The van der Waals surface area contributed by atoms with Crippen molar-refractivity contribution in [3.63, 3.8) is 0 Å². The summed E-state index contributed by atoms with van der Waals surface area (Å²) in [6.45, 7) is 1.21. The number of anilines is 2. The third-order valence-corrected chi connectivity index (χ3v) is 6.49. The summed E-state index contributed by atoms with van der Waals surface area (Å²) in [7, 11) is 0. The molecule has 0 bridgehead atoms. The van der Waals surface area contributed by atoms with E-state index >= 15 is 0 Å². The van der Waals surface area contributed by atoms with E-state index in [0.717, 1.165) is 28.5 Å². The van der Waals surface area contributed by atoms with Crippen molar-refractivity contribution >= 4 is 35.3 Å². The van der Waals surface area contributed by atoms with Gasteiger partial charge in [0.1, 0.15) is 11.8 Å². The molecule has 1 aromatic carbocycles. The van der Waals surface area contributed by atoms with Crippen molar-refractivity contribution in [2.24, 2.45) is 5.41 Å². The molecule has 3 aliphatic rings. The molecule has 2 N–H and O–H groups in total. The van der Waals surface area contributed by atoms with Crippen molar-refractivity contribution in [2.45, 2.75) is 6.10 Å². The fraction of sp³-hybridized carbons (Fsp3) is 0.500. The molecule has 3 fully saturated rings. The number of carbonyl (C=O) groups is 2. The van der Waals surface area contributed by atoms with E-state index in [9.17, 15) is 18.4 Å². The van der Waals surface area contributed by atoms with Gasteiger partial charge in [0.05, 0.1) is 18.8 Å². The lowest BCUT2D eigenvalue weighted by atomic mass is 9.82. The minimum Gasteiger partial charge on any atom is -0.465 e. The van der Waals surface area contributed by atoms with Crippen LogP contribution in [-0.4, -0.2) is 61.1 Å². The van der Waals surface area contributed by atoms with Crippen LogP contribution >= 0.6 is 11.8 Å². The molecule has 1 aromatic rings. The Morgan fingerprint density at radius 2 is 2.00 bits per heavy atom. The van der Waals surface area contributed by atoms with Gasteiger partial charge < -0.3 is 20.1 Å². The standard InChI is InChI=1S/C16H17F2N3O4S/c17-11-1-9(21-4-10(25-15(21)24)3-19-14(22)23)2-12(18)13(11)20-5-16(6-20)7-26-8-16/h1-2,10,19H,3-8H2,(H,22,23). The zero-order valence-corrected chi connectivity index (χ0v) is 14.5. The van der Waals surface area contributed by atoms with Gasteiger partial charge in [-0.15, -0.1) is 0 Å². The van der Waals surface area contributed by atoms with E-state index in [1.807, 2.05) is 11.8 Å². The van der Waals surface area contributed by atoms with Gasteiger partial charge in [-0.3, -0.25) is 4.90 Å². The second kappa shape index (κ2) is 6.19. The first-order chi connectivity index (χ1) is 12.4. The van der Waals surface area contributed by atoms with Crippen LogP contribution in [0, 0.1) is 17.0 Å². The Kier molecular flexibility index (Phi) is 4.09. The predicted molar refractivity (Wildman–Crippen MR) is 92.0 cm³/mol. The highest BCUT2D eigenvalue weighted by Crippen LogP contribution is 2.48. The molecule has 10 heteroatoms.